The maximum atomic E-state index is 2.40. The topological polar surface area (TPSA) is 0 Å². The predicted molar refractivity (Wildman–Crippen MR) is 63.3 cm³/mol. The number of hydrogen-bond acceptors (Lipinski definition) is 1. The van der Waals surface area contributed by atoms with Gasteiger partial charge in [0.1, 0.15) is 0 Å². The average Bonchev–Trinajstić information content (AvgIpc) is 1.98. The van der Waals surface area contributed by atoms with Crippen LogP contribution in [0.2, 0.25) is 0 Å². The van der Waals surface area contributed by atoms with E-state index in [1.54, 1.807) is 0 Å². The molecule has 3 atom stereocenters. The molecule has 1 fully saturated rings. The maximum absolute atomic E-state index is 2.40. The van der Waals surface area contributed by atoms with Crippen LogP contribution in [0.4, 0.5) is 0 Å². The molecule has 0 nitrogen and oxygen atoms in total. The van der Waals surface area contributed by atoms with Crippen LogP contribution in [0.3, 0.4) is 0 Å². The molecular weight excluding hydrogens is 176 g/mol. The van der Waals surface area contributed by atoms with Gasteiger partial charge in [0, 0.05) is 10.5 Å². The summed E-state index contributed by atoms with van der Waals surface area (Å²) in [7, 11) is 0. The molecule has 0 saturated heterocycles. The van der Waals surface area contributed by atoms with Crippen molar-refractivity contribution in [2.24, 2.45) is 11.8 Å². The molecule has 1 saturated carbocycles. The van der Waals surface area contributed by atoms with Crippen molar-refractivity contribution in [3.05, 3.63) is 0 Å². The van der Waals surface area contributed by atoms with E-state index in [1.807, 2.05) is 0 Å². The zero-order valence-electron chi connectivity index (χ0n) is 9.55. The van der Waals surface area contributed by atoms with Crippen molar-refractivity contribution >= 4 is 11.8 Å². The summed E-state index contributed by atoms with van der Waals surface area (Å²) >= 11 is 2.25. The molecule has 0 aromatic rings. The molecule has 1 aliphatic carbocycles. The van der Waals surface area contributed by atoms with Crippen molar-refractivity contribution in [2.45, 2.75) is 63.9 Å². The number of thioether (sulfide) groups is 1. The molecule has 0 heterocycles. The van der Waals surface area contributed by atoms with Gasteiger partial charge in [0.2, 0.25) is 0 Å². The zero-order valence-corrected chi connectivity index (χ0v) is 10.4. The molecule has 0 aliphatic heterocycles. The van der Waals surface area contributed by atoms with Crippen LogP contribution in [-0.2, 0) is 0 Å². The lowest BCUT2D eigenvalue weighted by Gasteiger charge is -2.37. The van der Waals surface area contributed by atoms with Crippen molar-refractivity contribution < 1.29 is 0 Å². The van der Waals surface area contributed by atoms with E-state index in [0.29, 0.717) is 0 Å². The Bertz CT molecular complexity index is 140. The third-order valence-corrected chi connectivity index (χ3v) is 4.71. The Morgan fingerprint density at radius 1 is 1.23 bits per heavy atom. The highest BCUT2D eigenvalue weighted by Gasteiger charge is 2.30. The lowest BCUT2D eigenvalue weighted by molar-refractivity contribution is 0.321. The Morgan fingerprint density at radius 3 is 2.31 bits per heavy atom. The summed E-state index contributed by atoms with van der Waals surface area (Å²) in [6.07, 6.45) is 5.75. The van der Waals surface area contributed by atoms with Gasteiger partial charge < -0.3 is 0 Å². The van der Waals surface area contributed by atoms with E-state index < -0.39 is 0 Å². The molecule has 0 aromatic carbocycles. The molecule has 13 heavy (non-hydrogen) atoms. The van der Waals surface area contributed by atoms with Crippen LogP contribution in [0.15, 0.2) is 0 Å². The van der Waals surface area contributed by atoms with Gasteiger partial charge in [-0.3, -0.25) is 0 Å². The van der Waals surface area contributed by atoms with E-state index in [0.717, 1.165) is 22.3 Å². The molecule has 3 unspecified atom stereocenters. The fourth-order valence-corrected chi connectivity index (χ4v) is 4.12. The van der Waals surface area contributed by atoms with Crippen LogP contribution in [0.5, 0.6) is 0 Å². The minimum Gasteiger partial charge on any atom is -0.155 e. The normalized spacial score (nSPS) is 30.2. The van der Waals surface area contributed by atoms with Gasteiger partial charge in [0.05, 0.1) is 0 Å². The minimum absolute atomic E-state index is 0.864. The zero-order chi connectivity index (χ0) is 9.84. The predicted octanol–water partition coefficient (Wildman–Crippen LogP) is 4.34. The van der Waals surface area contributed by atoms with Gasteiger partial charge in [-0.25, -0.2) is 0 Å². The first-order valence-electron chi connectivity index (χ1n) is 5.79. The van der Waals surface area contributed by atoms with E-state index in [-0.39, 0.29) is 0 Å². The Morgan fingerprint density at radius 2 is 1.92 bits per heavy atom. The van der Waals surface area contributed by atoms with E-state index in [4.69, 9.17) is 0 Å². The van der Waals surface area contributed by atoms with Crippen molar-refractivity contribution in [3.8, 4) is 0 Å². The third kappa shape index (κ3) is 3.53. The molecular formula is C12H24S. The second-order valence-corrected chi connectivity index (χ2v) is 6.54. The summed E-state index contributed by atoms with van der Waals surface area (Å²) in [5.41, 5.74) is 0. The van der Waals surface area contributed by atoms with Crippen LogP contribution in [0.25, 0.3) is 0 Å². The first-order chi connectivity index (χ1) is 6.13. The van der Waals surface area contributed by atoms with Gasteiger partial charge >= 0.3 is 0 Å². The highest BCUT2D eigenvalue weighted by molar-refractivity contribution is 8.00. The molecule has 1 aliphatic rings. The molecule has 0 bridgehead atoms. The van der Waals surface area contributed by atoms with Crippen LogP contribution in [-0.4, -0.2) is 10.5 Å². The van der Waals surface area contributed by atoms with Crippen LogP contribution in [0.1, 0.15) is 53.4 Å². The van der Waals surface area contributed by atoms with Gasteiger partial charge in [-0.05, 0) is 31.1 Å². The molecule has 0 spiro atoms. The fraction of sp³-hybridized carbons (Fsp3) is 1.00. The monoisotopic (exact) mass is 200 g/mol. The van der Waals surface area contributed by atoms with E-state index >= 15 is 0 Å². The van der Waals surface area contributed by atoms with Gasteiger partial charge in [0.15, 0.2) is 0 Å². The second kappa shape index (κ2) is 5.29. The lowest BCUT2D eigenvalue weighted by Crippen LogP contribution is -2.29. The summed E-state index contributed by atoms with van der Waals surface area (Å²) in [6.45, 7) is 9.39. The van der Waals surface area contributed by atoms with Crippen LogP contribution >= 0.6 is 11.8 Å². The standard InChI is InChI=1S/C12H24S/c1-5-11-6-7-12(11)13-10(4)8-9(2)3/h9-12H,5-8H2,1-4H3. The first-order valence-corrected chi connectivity index (χ1v) is 6.73. The summed E-state index contributed by atoms with van der Waals surface area (Å²) in [4.78, 5) is 0. The molecule has 0 aromatic heterocycles. The quantitative estimate of drug-likeness (QED) is 0.636. The van der Waals surface area contributed by atoms with Gasteiger partial charge in [-0.2, -0.15) is 11.8 Å². The summed E-state index contributed by atoms with van der Waals surface area (Å²) in [6, 6.07) is 0. The lowest BCUT2D eigenvalue weighted by atomic mass is 9.83. The second-order valence-electron chi connectivity index (χ2n) is 4.86. The Balaban J connectivity index is 2.16. The third-order valence-electron chi connectivity index (χ3n) is 3.08. The van der Waals surface area contributed by atoms with Gasteiger partial charge in [-0.15, -0.1) is 0 Å². The Hall–Kier alpha value is 0.350. The molecule has 0 amide bonds. The smallest absolute Gasteiger partial charge is 0.00780 e. The van der Waals surface area contributed by atoms with E-state index in [9.17, 15) is 0 Å². The molecule has 0 N–H and O–H groups in total. The summed E-state index contributed by atoms with van der Waals surface area (Å²) < 4.78 is 0. The fourth-order valence-electron chi connectivity index (χ4n) is 2.20. The van der Waals surface area contributed by atoms with Gasteiger partial charge in [0.25, 0.3) is 0 Å². The molecule has 1 rings (SSSR count). The van der Waals surface area contributed by atoms with Crippen molar-refractivity contribution in [3.63, 3.8) is 0 Å². The Kier molecular flexibility index (Phi) is 4.64. The largest absolute Gasteiger partial charge is 0.155 e. The average molecular weight is 200 g/mol. The molecule has 78 valence electrons. The SMILES string of the molecule is CCC1CCC1SC(C)CC(C)C. The Labute approximate surface area is 87.9 Å². The summed E-state index contributed by atoms with van der Waals surface area (Å²) in [5.74, 6) is 1.90. The summed E-state index contributed by atoms with van der Waals surface area (Å²) in [5, 5.41) is 1.87. The van der Waals surface area contributed by atoms with E-state index in [2.05, 4.69) is 39.5 Å². The highest BCUT2D eigenvalue weighted by Crippen LogP contribution is 2.42. The first kappa shape index (κ1) is 11.4. The van der Waals surface area contributed by atoms with Crippen molar-refractivity contribution in [2.75, 3.05) is 0 Å². The highest BCUT2D eigenvalue weighted by atomic mass is 32.2. The van der Waals surface area contributed by atoms with Gasteiger partial charge in [-0.1, -0.05) is 34.1 Å². The maximum Gasteiger partial charge on any atom is 0.00780 e. The molecule has 1 heteroatoms. The van der Waals surface area contributed by atoms with Crippen molar-refractivity contribution in [1.82, 2.24) is 0 Å². The van der Waals surface area contributed by atoms with Crippen LogP contribution in [0, 0.1) is 11.8 Å². The van der Waals surface area contributed by atoms with Crippen LogP contribution < -0.4 is 0 Å². The van der Waals surface area contributed by atoms with Crippen molar-refractivity contribution in [1.29, 1.82) is 0 Å². The minimum atomic E-state index is 0.864. The van der Waals surface area contributed by atoms with E-state index in [1.165, 1.54) is 25.7 Å². The number of rotatable bonds is 5. The number of hydrogen-bond donors (Lipinski definition) is 0. The molecule has 0 radical (unpaired) electrons.